The van der Waals surface area contributed by atoms with Gasteiger partial charge >= 0.3 is 5.97 Å². The molecule has 0 radical (unpaired) electrons. The van der Waals surface area contributed by atoms with E-state index in [0.29, 0.717) is 6.04 Å². The van der Waals surface area contributed by atoms with Crippen molar-refractivity contribution in [1.82, 2.24) is 5.32 Å². The van der Waals surface area contributed by atoms with Crippen molar-refractivity contribution in [2.45, 2.75) is 51.1 Å². The molecule has 0 aromatic heterocycles. The maximum atomic E-state index is 11.7. The van der Waals surface area contributed by atoms with Gasteiger partial charge in [-0.25, -0.2) is 4.79 Å². The van der Waals surface area contributed by atoms with Crippen LogP contribution in [0.1, 0.15) is 43.7 Å². The van der Waals surface area contributed by atoms with E-state index < -0.39 is 11.5 Å². The lowest BCUT2D eigenvalue weighted by Crippen LogP contribution is -2.50. The summed E-state index contributed by atoms with van der Waals surface area (Å²) in [5.41, 5.74) is 0.941. The Balaban J connectivity index is 2.28. The van der Waals surface area contributed by atoms with Crippen molar-refractivity contribution >= 4 is 5.97 Å². The molecule has 0 spiro atoms. The standard InChI is InChI=1S/C15H21NO2/c1-11-6-5-7-12(10-11)15(2,14(17)18)16-13-8-3-4-9-13/h5-7,10,13,16H,3-4,8-9H2,1-2H3,(H,17,18). The molecular formula is C15H21NO2. The van der Waals surface area contributed by atoms with Crippen molar-refractivity contribution in [3.05, 3.63) is 35.4 Å². The van der Waals surface area contributed by atoms with Crippen LogP contribution in [-0.4, -0.2) is 17.1 Å². The van der Waals surface area contributed by atoms with Gasteiger partial charge in [0.1, 0.15) is 5.54 Å². The summed E-state index contributed by atoms with van der Waals surface area (Å²) < 4.78 is 0. The van der Waals surface area contributed by atoms with Crippen LogP contribution in [0.15, 0.2) is 24.3 Å². The van der Waals surface area contributed by atoms with Gasteiger partial charge in [-0.05, 0) is 32.3 Å². The highest BCUT2D eigenvalue weighted by Crippen LogP contribution is 2.27. The van der Waals surface area contributed by atoms with E-state index in [1.54, 1.807) is 6.92 Å². The van der Waals surface area contributed by atoms with E-state index in [9.17, 15) is 9.90 Å². The van der Waals surface area contributed by atoms with Crippen LogP contribution in [0.2, 0.25) is 0 Å². The fourth-order valence-corrected chi connectivity index (χ4v) is 2.70. The van der Waals surface area contributed by atoms with Gasteiger partial charge in [-0.1, -0.05) is 42.7 Å². The van der Waals surface area contributed by atoms with Crippen molar-refractivity contribution < 1.29 is 9.90 Å². The zero-order valence-corrected chi connectivity index (χ0v) is 11.1. The second kappa shape index (κ2) is 5.11. The molecule has 0 aliphatic heterocycles. The van der Waals surface area contributed by atoms with Gasteiger partial charge in [0.15, 0.2) is 0 Å². The minimum absolute atomic E-state index is 0.326. The van der Waals surface area contributed by atoms with Gasteiger partial charge in [-0.15, -0.1) is 0 Å². The van der Waals surface area contributed by atoms with Crippen LogP contribution >= 0.6 is 0 Å². The van der Waals surface area contributed by atoms with Crippen LogP contribution in [0.5, 0.6) is 0 Å². The number of carbonyl (C=O) groups is 1. The topological polar surface area (TPSA) is 49.3 Å². The molecule has 3 heteroatoms. The van der Waals surface area contributed by atoms with Crippen molar-refractivity contribution in [1.29, 1.82) is 0 Å². The molecule has 18 heavy (non-hydrogen) atoms. The van der Waals surface area contributed by atoms with Gasteiger partial charge in [0.2, 0.25) is 0 Å². The summed E-state index contributed by atoms with van der Waals surface area (Å²) in [6, 6.07) is 8.08. The van der Waals surface area contributed by atoms with Crippen LogP contribution < -0.4 is 5.32 Å². The predicted octanol–water partition coefficient (Wildman–Crippen LogP) is 2.83. The number of aryl methyl sites for hydroxylation is 1. The molecule has 98 valence electrons. The first-order valence-electron chi connectivity index (χ1n) is 6.60. The monoisotopic (exact) mass is 247 g/mol. The molecule has 1 aliphatic rings. The molecule has 0 bridgehead atoms. The Morgan fingerprint density at radius 2 is 2.06 bits per heavy atom. The number of benzene rings is 1. The number of carboxylic acids is 1. The Morgan fingerprint density at radius 1 is 1.39 bits per heavy atom. The SMILES string of the molecule is Cc1cccc(C(C)(NC2CCCC2)C(=O)O)c1. The molecule has 2 N–H and O–H groups in total. The average molecular weight is 247 g/mol. The van der Waals surface area contributed by atoms with Crippen LogP contribution in [-0.2, 0) is 10.3 Å². The Morgan fingerprint density at radius 3 is 2.61 bits per heavy atom. The fraction of sp³-hybridized carbons (Fsp3) is 0.533. The highest BCUT2D eigenvalue weighted by molar-refractivity contribution is 5.80. The van der Waals surface area contributed by atoms with Gasteiger partial charge in [-0.3, -0.25) is 5.32 Å². The van der Waals surface area contributed by atoms with Crippen molar-refractivity contribution in [2.75, 3.05) is 0 Å². The summed E-state index contributed by atoms with van der Waals surface area (Å²) in [7, 11) is 0. The number of hydrogen-bond donors (Lipinski definition) is 2. The molecule has 1 fully saturated rings. The molecule has 1 saturated carbocycles. The molecule has 1 unspecified atom stereocenters. The minimum Gasteiger partial charge on any atom is -0.480 e. The zero-order valence-electron chi connectivity index (χ0n) is 11.1. The lowest BCUT2D eigenvalue weighted by molar-refractivity contribution is -0.145. The molecular weight excluding hydrogens is 226 g/mol. The molecule has 1 aromatic carbocycles. The normalized spacial score (nSPS) is 19.7. The van der Waals surface area contributed by atoms with Gasteiger partial charge in [-0.2, -0.15) is 0 Å². The number of rotatable bonds is 4. The second-order valence-corrected chi connectivity index (χ2v) is 5.43. The molecule has 0 saturated heterocycles. The summed E-state index contributed by atoms with van der Waals surface area (Å²) >= 11 is 0. The van der Waals surface area contributed by atoms with Crippen molar-refractivity contribution in [2.24, 2.45) is 0 Å². The van der Waals surface area contributed by atoms with Crippen molar-refractivity contribution in [3.8, 4) is 0 Å². The van der Waals surface area contributed by atoms with Crippen LogP contribution in [0.25, 0.3) is 0 Å². The largest absolute Gasteiger partial charge is 0.480 e. The minimum atomic E-state index is -0.985. The Hall–Kier alpha value is -1.35. The first kappa shape index (κ1) is 13.1. The Bertz CT molecular complexity index is 438. The van der Waals surface area contributed by atoms with E-state index in [2.05, 4.69) is 5.32 Å². The molecule has 0 heterocycles. The van der Waals surface area contributed by atoms with Crippen LogP contribution in [0, 0.1) is 6.92 Å². The quantitative estimate of drug-likeness (QED) is 0.860. The van der Waals surface area contributed by atoms with Crippen molar-refractivity contribution in [3.63, 3.8) is 0 Å². The van der Waals surface area contributed by atoms with E-state index in [1.165, 1.54) is 12.8 Å². The zero-order chi connectivity index (χ0) is 13.2. The molecule has 2 rings (SSSR count). The maximum Gasteiger partial charge on any atom is 0.328 e. The van der Waals surface area contributed by atoms with E-state index >= 15 is 0 Å². The van der Waals surface area contributed by atoms with E-state index in [0.717, 1.165) is 24.0 Å². The molecule has 3 nitrogen and oxygen atoms in total. The molecule has 1 aromatic rings. The van der Waals surface area contributed by atoms with Crippen LogP contribution in [0.3, 0.4) is 0 Å². The highest BCUT2D eigenvalue weighted by atomic mass is 16.4. The number of nitrogens with one attached hydrogen (secondary N) is 1. The summed E-state index contributed by atoms with van der Waals surface area (Å²) in [6.07, 6.45) is 4.55. The van der Waals surface area contributed by atoms with Gasteiger partial charge in [0.05, 0.1) is 0 Å². The van der Waals surface area contributed by atoms with Crippen LogP contribution in [0.4, 0.5) is 0 Å². The third kappa shape index (κ3) is 2.56. The smallest absolute Gasteiger partial charge is 0.328 e. The van der Waals surface area contributed by atoms with E-state index in [4.69, 9.17) is 0 Å². The summed E-state index contributed by atoms with van der Waals surface area (Å²) in [5.74, 6) is -0.806. The second-order valence-electron chi connectivity index (χ2n) is 5.43. The Kier molecular flexibility index (Phi) is 3.71. The predicted molar refractivity (Wildman–Crippen MR) is 71.6 cm³/mol. The van der Waals surface area contributed by atoms with Gasteiger partial charge in [0.25, 0.3) is 0 Å². The number of carboxylic acid groups (broad SMARTS) is 1. The van der Waals surface area contributed by atoms with E-state index in [-0.39, 0.29) is 0 Å². The Labute approximate surface area is 108 Å². The van der Waals surface area contributed by atoms with Gasteiger partial charge in [0, 0.05) is 6.04 Å². The molecule has 1 atom stereocenters. The van der Waals surface area contributed by atoms with Gasteiger partial charge < -0.3 is 5.11 Å². The summed E-state index contributed by atoms with van der Waals surface area (Å²) in [6.45, 7) is 3.75. The first-order chi connectivity index (χ1) is 8.52. The third-order valence-electron chi connectivity index (χ3n) is 3.87. The number of aliphatic carboxylic acids is 1. The maximum absolute atomic E-state index is 11.7. The highest BCUT2D eigenvalue weighted by Gasteiger charge is 2.37. The summed E-state index contributed by atoms with van der Waals surface area (Å²) in [5, 5.41) is 12.9. The summed E-state index contributed by atoms with van der Waals surface area (Å²) in [4.78, 5) is 11.7. The van der Waals surface area contributed by atoms with E-state index in [1.807, 2.05) is 31.2 Å². The lowest BCUT2D eigenvalue weighted by Gasteiger charge is -2.30. The third-order valence-corrected chi connectivity index (χ3v) is 3.87. The number of hydrogen-bond acceptors (Lipinski definition) is 2. The first-order valence-corrected chi connectivity index (χ1v) is 6.60. The average Bonchev–Trinajstić information content (AvgIpc) is 2.81. The fourth-order valence-electron chi connectivity index (χ4n) is 2.70. The molecule has 0 amide bonds. The molecule has 1 aliphatic carbocycles. The lowest BCUT2D eigenvalue weighted by atomic mass is 9.90.